The average Bonchev–Trinajstić information content (AvgIpc) is 2.88. The Morgan fingerprint density at radius 2 is 1.85 bits per heavy atom. The van der Waals surface area contributed by atoms with Crippen LogP contribution in [-0.4, -0.2) is 60.4 Å². The number of hydrogen-bond donors (Lipinski definition) is 3. The lowest BCUT2D eigenvalue weighted by atomic mass is 10.1. The van der Waals surface area contributed by atoms with Gasteiger partial charge in [-0.1, -0.05) is 12.1 Å². The Kier molecular flexibility index (Phi) is 7.19. The fraction of sp³-hybridized carbons (Fsp3) is 0.385. The number of morpholine rings is 1. The van der Waals surface area contributed by atoms with E-state index in [0.717, 1.165) is 81.5 Å². The zero-order valence-electron chi connectivity index (χ0n) is 19.4. The van der Waals surface area contributed by atoms with Crippen LogP contribution in [0.4, 0.5) is 17.3 Å². The van der Waals surface area contributed by atoms with Gasteiger partial charge in [-0.2, -0.15) is 0 Å². The molecule has 178 valence electrons. The Labute approximate surface area is 200 Å². The summed E-state index contributed by atoms with van der Waals surface area (Å²) < 4.78 is 11.5. The molecule has 1 aromatic heterocycles. The second-order valence-electron chi connectivity index (χ2n) is 8.80. The van der Waals surface area contributed by atoms with Gasteiger partial charge < -0.3 is 25.8 Å². The highest BCUT2D eigenvalue weighted by Crippen LogP contribution is 2.30. The minimum absolute atomic E-state index is 0.213. The summed E-state index contributed by atoms with van der Waals surface area (Å²) in [5.41, 5.74) is 10.9. The maximum atomic E-state index is 6.31. The van der Waals surface area contributed by atoms with Crippen LogP contribution >= 0.6 is 0 Å². The molecule has 0 spiro atoms. The maximum absolute atomic E-state index is 6.31. The molecular formula is C26H32N6O2. The second kappa shape index (κ2) is 10.8. The SMILES string of the molecule is Nc1cc(-c2ccnc(Nc3ccc(CN4CCOCC4)cc3)n2)ccc1OC1CCNCC1. The molecule has 0 saturated carbocycles. The molecule has 5 rings (SSSR count). The van der Waals surface area contributed by atoms with Gasteiger partial charge in [-0.3, -0.25) is 4.90 Å². The van der Waals surface area contributed by atoms with E-state index in [1.165, 1.54) is 5.56 Å². The molecule has 8 heteroatoms. The van der Waals surface area contributed by atoms with Crippen molar-refractivity contribution >= 4 is 17.3 Å². The van der Waals surface area contributed by atoms with Gasteiger partial charge >= 0.3 is 0 Å². The average molecular weight is 461 g/mol. The standard InChI is InChI=1S/C26H32N6O2/c27-23-17-20(3-6-25(23)34-22-7-10-28-11-8-22)24-9-12-29-26(31-24)30-21-4-1-19(2-5-21)18-32-13-15-33-16-14-32/h1-6,9,12,17,22,28H,7-8,10-11,13-16,18,27H2,(H,29,30,31). The van der Waals surface area contributed by atoms with Gasteiger partial charge in [0.05, 0.1) is 24.6 Å². The van der Waals surface area contributed by atoms with Crippen LogP contribution in [0.2, 0.25) is 0 Å². The zero-order valence-corrected chi connectivity index (χ0v) is 19.4. The third-order valence-electron chi connectivity index (χ3n) is 6.26. The first kappa shape index (κ1) is 22.6. The quantitative estimate of drug-likeness (QED) is 0.462. The summed E-state index contributed by atoms with van der Waals surface area (Å²) in [5, 5.41) is 6.66. The number of nitrogens with one attached hydrogen (secondary N) is 2. The Morgan fingerprint density at radius 3 is 2.62 bits per heavy atom. The van der Waals surface area contributed by atoms with Gasteiger partial charge in [-0.15, -0.1) is 0 Å². The Balaban J connectivity index is 1.23. The number of nitrogens with zero attached hydrogens (tertiary/aromatic N) is 3. The number of aromatic nitrogens is 2. The normalized spacial score (nSPS) is 17.4. The predicted molar refractivity (Wildman–Crippen MR) is 134 cm³/mol. The molecule has 4 N–H and O–H groups in total. The van der Waals surface area contributed by atoms with Crippen molar-refractivity contribution < 1.29 is 9.47 Å². The molecule has 0 radical (unpaired) electrons. The van der Waals surface area contributed by atoms with Gasteiger partial charge in [-0.05, 0) is 67.9 Å². The second-order valence-corrected chi connectivity index (χ2v) is 8.80. The summed E-state index contributed by atoms with van der Waals surface area (Å²) in [7, 11) is 0. The van der Waals surface area contributed by atoms with Crippen LogP contribution in [0.3, 0.4) is 0 Å². The van der Waals surface area contributed by atoms with Crippen LogP contribution in [-0.2, 0) is 11.3 Å². The first-order valence-corrected chi connectivity index (χ1v) is 12.0. The lowest BCUT2D eigenvalue weighted by molar-refractivity contribution is 0.0342. The topological polar surface area (TPSA) is 97.6 Å². The van der Waals surface area contributed by atoms with Gasteiger partial charge in [0, 0.05) is 37.1 Å². The van der Waals surface area contributed by atoms with Gasteiger partial charge in [0.15, 0.2) is 0 Å². The number of nitrogens with two attached hydrogens (primary N) is 1. The smallest absolute Gasteiger partial charge is 0.227 e. The van der Waals surface area contributed by atoms with Gasteiger partial charge in [-0.25, -0.2) is 9.97 Å². The van der Waals surface area contributed by atoms with Crippen molar-refractivity contribution in [3.63, 3.8) is 0 Å². The number of hydrogen-bond acceptors (Lipinski definition) is 8. The summed E-state index contributed by atoms with van der Waals surface area (Å²) in [6, 6.07) is 16.2. The van der Waals surface area contributed by atoms with Crippen molar-refractivity contribution in [2.75, 3.05) is 50.4 Å². The first-order valence-electron chi connectivity index (χ1n) is 12.0. The number of ether oxygens (including phenoxy) is 2. The molecule has 0 bridgehead atoms. The third kappa shape index (κ3) is 5.83. The van der Waals surface area contributed by atoms with Crippen molar-refractivity contribution in [3.05, 3.63) is 60.3 Å². The Bertz CT molecular complexity index is 1080. The minimum Gasteiger partial charge on any atom is -0.488 e. The minimum atomic E-state index is 0.213. The molecule has 3 heterocycles. The van der Waals surface area contributed by atoms with E-state index in [-0.39, 0.29) is 6.10 Å². The molecule has 3 aromatic rings. The number of nitrogen functional groups attached to an aromatic ring is 1. The van der Waals surface area contributed by atoms with Crippen molar-refractivity contribution in [1.29, 1.82) is 0 Å². The van der Waals surface area contributed by atoms with Crippen LogP contribution in [0.15, 0.2) is 54.7 Å². The Hall–Kier alpha value is -3.20. The van der Waals surface area contributed by atoms with Crippen LogP contribution in [0.1, 0.15) is 18.4 Å². The number of anilines is 3. The third-order valence-corrected chi connectivity index (χ3v) is 6.26. The maximum Gasteiger partial charge on any atom is 0.227 e. The summed E-state index contributed by atoms with van der Waals surface area (Å²) in [4.78, 5) is 11.5. The van der Waals surface area contributed by atoms with Gasteiger partial charge in [0.1, 0.15) is 11.9 Å². The van der Waals surface area contributed by atoms with Crippen molar-refractivity contribution in [3.8, 4) is 17.0 Å². The summed E-state index contributed by atoms with van der Waals surface area (Å²) >= 11 is 0. The molecule has 2 aliphatic heterocycles. The molecule has 0 aliphatic carbocycles. The van der Waals surface area contributed by atoms with Crippen molar-refractivity contribution in [2.45, 2.75) is 25.5 Å². The highest BCUT2D eigenvalue weighted by atomic mass is 16.5. The van der Waals surface area contributed by atoms with E-state index in [1.807, 2.05) is 24.3 Å². The van der Waals surface area contributed by atoms with Crippen LogP contribution < -0.4 is 21.1 Å². The number of benzene rings is 2. The predicted octanol–water partition coefficient (Wildman–Crippen LogP) is 3.43. The molecule has 2 fully saturated rings. The molecule has 0 atom stereocenters. The van der Waals surface area contributed by atoms with Crippen LogP contribution in [0.25, 0.3) is 11.3 Å². The molecule has 0 amide bonds. The van der Waals surface area contributed by atoms with E-state index < -0.39 is 0 Å². The molecule has 0 unspecified atom stereocenters. The van der Waals surface area contributed by atoms with E-state index >= 15 is 0 Å². The molecule has 2 aromatic carbocycles. The van der Waals surface area contributed by atoms with Gasteiger partial charge in [0.25, 0.3) is 0 Å². The lowest BCUT2D eigenvalue weighted by Crippen LogP contribution is -2.35. The molecule has 34 heavy (non-hydrogen) atoms. The highest BCUT2D eigenvalue weighted by Gasteiger charge is 2.16. The summed E-state index contributed by atoms with van der Waals surface area (Å²) in [5.74, 6) is 1.28. The Morgan fingerprint density at radius 1 is 1.06 bits per heavy atom. The van der Waals surface area contributed by atoms with E-state index in [2.05, 4.69) is 44.8 Å². The lowest BCUT2D eigenvalue weighted by Gasteiger charge is -2.26. The van der Waals surface area contributed by atoms with E-state index in [1.54, 1.807) is 6.20 Å². The molecular weight excluding hydrogens is 428 g/mol. The van der Waals surface area contributed by atoms with Crippen molar-refractivity contribution in [1.82, 2.24) is 20.2 Å². The highest BCUT2D eigenvalue weighted by molar-refractivity contribution is 5.69. The largest absolute Gasteiger partial charge is 0.488 e. The van der Waals surface area contributed by atoms with E-state index in [9.17, 15) is 0 Å². The zero-order chi connectivity index (χ0) is 23.2. The van der Waals surface area contributed by atoms with Gasteiger partial charge in [0.2, 0.25) is 5.95 Å². The summed E-state index contributed by atoms with van der Waals surface area (Å²) in [6.45, 7) is 6.49. The number of rotatable bonds is 7. The number of piperidine rings is 1. The molecule has 2 aliphatic rings. The van der Waals surface area contributed by atoms with Crippen LogP contribution in [0, 0.1) is 0 Å². The molecule has 2 saturated heterocycles. The van der Waals surface area contributed by atoms with Crippen LogP contribution in [0.5, 0.6) is 5.75 Å². The van der Waals surface area contributed by atoms with E-state index in [0.29, 0.717) is 11.6 Å². The monoisotopic (exact) mass is 460 g/mol. The first-order chi connectivity index (χ1) is 16.7. The molecule has 8 nitrogen and oxygen atoms in total. The van der Waals surface area contributed by atoms with Crippen molar-refractivity contribution in [2.24, 2.45) is 0 Å². The van der Waals surface area contributed by atoms with E-state index in [4.69, 9.17) is 20.2 Å². The fourth-order valence-electron chi connectivity index (χ4n) is 4.33. The summed E-state index contributed by atoms with van der Waals surface area (Å²) in [6.07, 6.45) is 3.96. The fourth-order valence-corrected chi connectivity index (χ4v) is 4.33.